The van der Waals surface area contributed by atoms with Crippen molar-refractivity contribution in [2.45, 2.75) is 32.5 Å². The number of hydrogen-bond donors (Lipinski definition) is 1. The standard InChI is InChI=1S/C18H22FNO3/c1-18(2,3)23-17(22)20-9-14-13(8-16(21)15(14)10-20)11-5-4-6-12(19)7-11/h4-8,14-16,21H,9-10H2,1-3H3. The van der Waals surface area contributed by atoms with Gasteiger partial charge in [-0.2, -0.15) is 0 Å². The lowest BCUT2D eigenvalue weighted by atomic mass is 9.90. The van der Waals surface area contributed by atoms with Gasteiger partial charge in [0.05, 0.1) is 6.10 Å². The van der Waals surface area contributed by atoms with Gasteiger partial charge in [0.1, 0.15) is 11.4 Å². The fourth-order valence-electron chi connectivity index (χ4n) is 3.39. The van der Waals surface area contributed by atoms with Crippen LogP contribution in [0.15, 0.2) is 30.3 Å². The zero-order valence-electron chi connectivity index (χ0n) is 13.6. The largest absolute Gasteiger partial charge is 0.444 e. The summed E-state index contributed by atoms with van der Waals surface area (Å²) in [5.41, 5.74) is 1.13. The Morgan fingerprint density at radius 1 is 1.35 bits per heavy atom. The highest BCUT2D eigenvalue weighted by molar-refractivity contribution is 5.74. The van der Waals surface area contributed by atoms with E-state index in [9.17, 15) is 14.3 Å². The van der Waals surface area contributed by atoms with Gasteiger partial charge in [0, 0.05) is 24.9 Å². The molecular weight excluding hydrogens is 297 g/mol. The van der Waals surface area contributed by atoms with Gasteiger partial charge >= 0.3 is 6.09 Å². The number of carbonyl (C=O) groups is 1. The summed E-state index contributed by atoms with van der Waals surface area (Å²) in [7, 11) is 0. The molecule has 3 atom stereocenters. The highest BCUT2D eigenvalue weighted by Crippen LogP contribution is 2.43. The number of fused-ring (bicyclic) bond motifs is 1. The summed E-state index contributed by atoms with van der Waals surface area (Å²) in [6, 6.07) is 6.36. The van der Waals surface area contributed by atoms with Gasteiger partial charge in [0.25, 0.3) is 0 Å². The van der Waals surface area contributed by atoms with E-state index in [-0.39, 0.29) is 23.7 Å². The first kappa shape index (κ1) is 16.0. The molecule has 0 aromatic heterocycles. The van der Waals surface area contributed by atoms with E-state index >= 15 is 0 Å². The van der Waals surface area contributed by atoms with Crippen LogP contribution in [0.2, 0.25) is 0 Å². The zero-order valence-corrected chi connectivity index (χ0v) is 13.6. The number of ether oxygens (including phenoxy) is 1. The van der Waals surface area contributed by atoms with Crippen LogP contribution < -0.4 is 0 Å². The number of hydrogen-bond acceptors (Lipinski definition) is 3. The average molecular weight is 319 g/mol. The van der Waals surface area contributed by atoms with Gasteiger partial charge < -0.3 is 14.7 Å². The predicted octanol–water partition coefficient (Wildman–Crippen LogP) is 3.07. The SMILES string of the molecule is CC(C)(C)OC(=O)N1CC2C(c3cccc(F)c3)=CC(O)C2C1. The maximum absolute atomic E-state index is 13.5. The Hall–Kier alpha value is -1.88. The number of aliphatic hydroxyl groups is 1. The summed E-state index contributed by atoms with van der Waals surface area (Å²) >= 11 is 0. The third-order valence-electron chi connectivity index (χ3n) is 4.36. The second kappa shape index (κ2) is 5.64. The first-order valence-corrected chi connectivity index (χ1v) is 7.88. The molecule has 1 amide bonds. The molecule has 0 spiro atoms. The lowest BCUT2D eigenvalue weighted by molar-refractivity contribution is 0.0276. The molecule has 1 N–H and O–H groups in total. The second-order valence-corrected chi connectivity index (χ2v) is 7.28. The number of amides is 1. The normalized spacial score (nSPS) is 26.9. The summed E-state index contributed by atoms with van der Waals surface area (Å²) in [4.78, 5) is 13.9. The molecule has 1 aliphatic carbocycles. The van der Waals surface area contributed by atoms with Crippen LogP contribution in [-0.2, 0) is 4.74 Å². The molecule has 1 aliphatic heterocycles. The average Bonchev–Trinajstić information content (AvgIpc) is 2.98. The summed E-state index contributed by atoms with van der Waals surface area (Å²) < 4.78 is 18.9. The van der Waals surface area contributed by atoms with Crippen molar-refractivity contribution in [2.24, 2.45) is 11.8 Å². The Morgan fingerprint density at radius 2 is 2.09 bits per heavy atom. The Balaban J connectivity index is 1.78. The molecule has 0 radical (unpaired) electrons. The minimum atomic E-state index is -0.620. The van der Waals surface area contributed by atoms with Crippen LogP contribution in [0.4, 0.5) is 9.18 Å². The van der Waals surface area contributed by atoms with Crippen molar-refractivity contribution in [3.63, 3.8) is 0 Å². The molecule has 4 nitrogen and oxygen atoms in total. The molecule has 5 heteroatoms. The molecule has 0 bridgehead atoms. The monoisotopic (exact) mass is 319 g/mol. The van der Waals surface area contributed by atoms with E-state index in [0.717, 1.165) is 11.1 Å². The third-order valence-corrected chi connectivity index (χ3v) is 4.36. The van der Waals surface area contributed by atoms with E-state index in [0.29, 0.717) is 13.1 Å². The minimum absolute atomic E-state index is 0.0133. The first-order chi connectivity index (χ1) is 10.7. The molecule has 2 aliphatic rings. The number of likely N-dealkylation sites (tertiary alicyclic amines) is 1. The molecular formula is C18H22FNO3. The molecule has 1 saturated heterocycles. The maximum atomic E-state index is 13.5. The second-order valence-electron chi connectivity index (χ2n) is 7.28. The fraction of sp³-hybridized carbons (Fsp3) is 0.500. The summed E-state index contributed by atoms with van der Waals surface area (Å²) in [5, 5.41) is 10.3. The third kappa shape index (κ3) is 3.24. The van der Waals surface area contributed by atoms with Crippen LogP contribution in [0.1, 0.15) is 26.3 Å². The number of aliphatic hydroxyl groups excluding tert-OH is 1. The fourth-order valence-corrected chi connectivity index (χ4v) is 3.39. The first-order valence-electron chi connectivity index (χ1n) is 7.88. The topological polar surface area (TPSA) is 49.8 Å². The number of halogens is 1. The predicted molar refractivity (Wildman–Crippen MR) is 85.2 cm³/mol. The lowest BCUT2D eigenvalue weighted by Gasteiger charge is -2.25. The molecule has 0 saturated carbocycles. The summed E-state index contributed by atoms with van der Waals surface area (Å²) in [6.07, 6.45) is 0.805. The summed E-state index contributed by atoms with van der Waals surface area (Å²) in [6.45, 7) is 6.42. The van der Waals surface area contributed by atoms with E-state index in [2.05, 4.69) is 0 Å². The lowest BCUT2D eigenvalue weighted by Crippen LogP contribution is -2.36. The van der Waals surface area contributed by atoms with Gasteiger partial charge in [-0.15, -0.1) is 0 Å². The van der Waals surface area contributed by atoms with Gasteiger partial charge in [-0.05, 0) is 44.0 Å². The van der Waals surface area contributed by atoms with Crippen molar-refractivity contribution < 1.29 is 19.0 Å². The minimum Gasteiger partial charge on any atom is -0.444 e. The molecule has 1 aromatic carbocycles. The van der Waals surface area contributed by atoms with Gasteiger partial charge in [-0.3, -0.25) is 0 Å². The maximum Gasteiger partial charge on any atom is 0.410 e. The van der Waals surface area contributed by atoms with Crippen molar-refractivity contribution in [3.8, 4) is 0 Å². The van der Waals surface area contributed by atoms with Gasteiger partial charge in [0.15, 0.2) is 0 Å². The number of benzene rings is 1. The van der Waals surface area contributed by atoms with Gasteiger partial charge in [-0.25, -0.2) is 9.18 Å². The molecule has 3 unspecified atom stereocenters. The molecule has 23 heavy (non-hydrogen) atoms. The van der Waals surface area contributed by atoms with E-state index in [1.807, 2.05) is 26.8 Å². The molecule has 1 fully saturated rings. The molecule has 124 valence electrons. The van der Waals surface area contributed by atoms with E-state index in [1.54, 1.807) is 17.0 Å². The zero-order chi connectivity index (χ0) is 16.8. The van der Waals surface area contributed by atoms with Crippen LogP contribution in [0.3, 0.4) is 0 Å². The highest BCUT2D eigenvalue weighted by atomic mass is 19.1. The van der Waals surface area contributed by atoms with E-state index in [1.165, 1.54) is 12.1 Å². The Bertz CT molecular complexity index is 650. The Morgan fingerprint density at radius 3 is 2.74 bits per heavy atom. The van der Waals surface area contributed by atoms with Crippen molar-refractivity contribution in [2.75, 3.05) is 13.1 Å². The van der Waals surface area contributed by atoms with E-state index in [4.69, 9.17) is 4.74 Å². The van der Waals surface area contributed by atoms with Crippen LogP contribution >= 0.6 is 0 Å². The number of rotatable bonds is 1. The Kier molecular flexibility index (Phi) is 3.92. The molecule has 1 heterocycles. The van der Waals surface area contributed by atoms with Gasteiger partial charge in [-0.1, -0.05) is 18.2 Å². The van der Waals surface area contributed by atoms with E-state index < -0.39 is 11.7 Å². The van der Waals surface area contributed by atoms with Crippen molar-refractivity contribution in [1.82, 2.24) is 4.90 Å². The van der Waals surface area contributed by atoms with Crippen molar-refractivity contribution >= 4 is 11.7 Å². The van der Waals surface area contributed by atoms with Gasteiger partial charge in [0.2, 0.25) is 0 Å². The summed E-state index contributed by atoms with van der Waals surface area (Å²) in [5.74, 6) is -0.344. The van der Waals surface area contributed by atoms with Crippen LogP contribution in [-0.4, -0.2) is 40.9 Å². The quantitative estimate of drug-likeness (QED) is 0.865. The number of carbonyl (C=O) groups excluding carboxylic acids is 1. The molecule has 3 rings (SSSR count). The van der Waals surface area contributed by atoms with Crippen LogP contribution in [0.5, 0.6) is 0 Å². The van der Waals surface area contributed by atoms with Crippen molar-refractivity contribution in [3.05, 3.63) is 41.7 Å². The number of nitrogens with zero attached hydrogens (tertiary/aromatic N) is 1. The van der Waals surface area contributed by atoms with Crippen LogP contribution in [0, 0.1) is 17.7 Å². The molecule has 1 aromatic rings. The van der Waals surface area contributed by atoms with Crippen LogP contribution in [0.25, 0.3) is 5.57 Å². The smallest absolute Gasteiger partial charge is 0.410 e. The Labute approximate surface area is 135 Å². The highest BCUT2D eigenvalue weighted by Gasteiger charge is 2.45. The van der Waals surface area contributed by atoms with Crippen molar-refractivity contribution in [1.29, 1.82) is 0 Å².